The van der Waals surface area contributed by atoms with E-state index in [1.807, 2.05) is 23.6 Å². The van der Waals surface area contributed by atoms with E-state index in [2.05, 4.69) is 15.3 Å². The predicted octanol–water partition coefficient (Wildman–Crippen LogP) is 4.75. The van der Waals surface area contributed by atoms with Gasteiger partial charge in [0.2, 0.25) is 0 Å². The van der Waals surface area contributed by atoms with Gasteiger partial charge in [-0.2, -0.15) is 5.10 Å². The van der Waals surface area contributed by atoms with E-state index in [1.54, 1.807) is 53.5 Å². The third-order valence-corrected chi connectivity index (χ3v) is 7.04. The molecule has 0 spiro atoms. The average Bonchev–Trinajstić information content (AvgIpc) is 3.59. The number of benzene rings is 1. The first-order valence-corrected chi connectivity index (χ1v) is 11.7. The number of rotatable bonds is 6. The lowest BCUT2D eigenvalue weighted by Crippen LogP contribution is -2.28. The molecule has 3 aromatic heterocycles. The molecule has 1 unspecified atom stereocenters. The maximum Gasteiger partial charge on any atom is 0.253 e. The number of thiophene rings is 1. The number of hydrogen-bond acceptors (Lipinski definition) is 7. The van der Waals surface area contributed by atoms with Crippen LogP contribution in [-0.2, 0) is 11.8 Å². The molecule has 0 radical (unpaired) electrons. The number of aromatic nitrogens is 3. The Morgan fingerprint density at radius 3 is 2.84 bits per heavy atom. The largest absolute Gasteiger partial charge is 0.467 e. The van der Waals surface area contributed by atoms with Crippen LogP contribution in [0.15, 0.2) is 74.8 Å². The highest BCUT2D eigenvalue weighted by Crippen LogP contribution is 2.35. The average molecular weight is 468 g/mol. The van der Waals surface area contributed by atoms with Crippen molar-refractivity contribution in [3.8, 4) is 11.4 Å². The van der Waals surface area contributed by atoms with E-state index in [0.717, 1.165) is 10.6 Å². The molecule has 4 aromatic rings. The topological polar surface area (TPSA) is 76.5 Å². The van der Waals surface area contributed by atoms with Crippen LogP contribution in [0.25, 0.3) is 11.4 Å². The highest BCUT2D eigenvalue weighted by atomic mass is 32.2. The number of halogens is 1. The Balaban J connectivity index is 1.34. The molecule has 4 heterocycles. The van der Waals surface area contributed by atoms with Crippen LogP contribution < -0.4 is 0 Å². The molecule has 1 amide bonds. The van der Waals surface area contributed by atoms with Crippen LogP contribution in [-0.4, -0.2) is 37.1 Å². The molecule has 7 nitrogen and oxygen atoms in total. The fourth-order valence-electron chi connectivity index (χ4n) is 3.54. The molecule has 1 aliphatic rings. The Morgan fingerprint density at radius 1 is 1.22 bits per heavy atom. The van der Waals surface area contributed by atoms with Gasteiger partial charge in [-0.1, -0.05) is 30.0 Å². The predicted molar refractivity (Wildman–Crippen MR) is 121 cm³/mol. The Hall–Kier alpha value is -3.24. The molecule has 0 N–H and O–H groups in total. The Labute approximate surface area is 191 Å². The summed E-state index contributed by atoms with van der Waals surface area (Å²) in [5.41, 5.74) is 1.23. The standard InChI is InChI=1S/C22H18FN5O2S2/c1-27-21(14-6-2-3-7-15(14)23)24-25-22(27)32-13-20(29)28-17(18-8-4-10-30-18)12-16(26-28)19-9-5-11-31-19/h2-11,17H,12-13H2,1H3. The first-order chi connectivity index (χ1) is 15.6. The quantitative estimate of drug-likeness (QED) is 0.383. The van der Waals surface area contributed by atoms with Gasteiger partial charge in [-0.3, -0.25) is 4.79 Å². The highest BCUT2D eigenvalue weighted by Gasteiger charge is 2.35. The zero-order chi connectivity index (χ0) is 22.1. The molecule has 162 valence electrons. The maximum absolute atomic E-state index is 14.1. The third kappa shape index (κ3) is 3.87. The van der Waals surface area contributed by atoms with Crippen LogP contribution >= 0.6 is 23.1 Å². The maximum atomic E-state index is 14.1. The summed E-state index contributed by atoms with van der Waals surface area (Å²) < 4.78 is 21.4. The van der Waals surface area contributed by atoms with Crippen molar-refractivity contribution in [2.75, 3.05) is 5.75 Å². The number of hydrogen-bond donors (Lipinski definition) is 0. The molecule has 0 saturated carbocycles. The Morgan fingerprint density at radius 2 is 2.09 bits per heavy atom. The van der Waals surface area contributed by atoms with Crippen LogP contribution in [0, 0.1) is 5.82 Å². The normalized spacial score (nSPS) is 15.9. The van der Waals surface area contributed by atoms with Crippen LogP contribution in [0.5, 0.6) is 0 Å². The van der Waals surface area contributed by atoms with Gasteiger partial charge in [-0.25, -0.2) is 9.40 Å². The van der Waals surface area contributed by atoms with Gasteiger partial charge in [0.25, 0.3) is 5.91 Å². The number of nitrogens with zero attached hydrogens (tertiary/aromatic N) is 5. The van der Waals surface area contributed by atoms with Crippen molar-refractivity contribution in [2.24, 2.45) is 12.1 Å². The van der Waals surface area contributed by atoms with Gasteiger partial charge in [-0.15, -0.1) is 21.5 Å². The van der Waals surface area contributed by atoms with Gasteiger partial charge in [0.15, 0.2) is 11.0 Å². The molecule has 0 saturated heterocycles. The summed E-state index contributed by atoms with van der Waals surface area (Å²) in [4.78, 5) is 14.2. The Kier molecular flexibility index (Phi) is 5.62. The summed E-state index contributed by atoms with van der Waals surface area (Å²) in [6, 6.07) is 13.7. The molecular formula is C22H18FN5O2S2. The number of thioether (sulfide) groups is 1. The second-order valence-corrected chi connectivity index (χ2v) is 9.02. The second kappa shape index (κ2) is 8.71. The van der Waals surface area contributed by atoms with Gasteiger partial charge in [0.1, 0.15) is 17.6 Å². The molecule has 1 aliphatic heterocycles. The molecular weight excluding hydrogens is 449 g/mol. The van der Waals surface area contributed by atoms with Crippen LogP contribution in [0.1, 0.15) is 23.1 Å². The molecule has 10 heteroatoms. The summed E-state index contributed by atoms with van der Waals surface area (Å²) in [5.74, 6) is 0.675. The van der Waals surface area contributed by atoms with Gasteiger partial charge in [0.05, 0.1) is 28.2 Å². The van der Waals surface area contributed by atoms with Gasteiger partial charge < -0.3 is 8.98 Å². The van der Waals surface area contributed by atoms with E-state index in [-0.39, 0.29) is 23.5 Å². The van der Waals surface area contributed by atoms with Crippen molar-refractivity contribution in [2.45, 2.75) is 17.6 Å². The summed E-state index contributed by atoms with van der Waals surface area (Å²) >= 11 is 2.83. The van der Waals surface area contributed by atoms with Gasteiger partial charge in [-0.05, 0) is 35.7 Å². The number of furan rings is 1. The fourth-order valence-corrected chi connectivity index (χ4v) is 5.03. The zero-order valence-electron chi connectivity index (χ0n) is 17.0. The lowest BCUT2D eigenvalue weighted by atomic mass is 10.1. The molecule has 0 aliphatic carbocycles. The first-order valence-electron chi connectivity index (χ1n) is 9.85. The van der Waals surface area contributed by atoms with E-state index in [1.165, 1.54) is 22.8 Å². The minimum Gasteiger partial charge on any atom is -0.467 e. The smallest absolute Gasteiger partial charge is 0.253 e. The molecule has 32 heavy (non-hydrogen) atoms. The Bertz CT molecular complexity index is 1270. The van der Waals surface area contributed by atoms with E-state index in [9.17, 15) is 9.18 Å². The van der Waals surface area contributed by atoms with Gasteiger partial charge >= 0.3 is 0 Å². The summed E-state index contributed by atoms with van der Waals surface area (Å²) in [6.07, 6.45) is 2.19. The van der Waals surface area contributed by atoms with E-state index >= 15 is 0 Å². The zero-order valence-corrected chi connectivity index (χ0v) is 18.6. The van der Waals surface area contributed by atoms with E-state index < -0.39 is 0 Å². The first kappa shape index (κ1) is 20.7. The van der Waals surface area contributed by atoms with Gasteiger partial charge in [0, 0.05) is 13.5 Å². The van der Waals surface area contributed by atoms with E-state index in [4.69, 9.17) is 4.42 Å². The summed E-state index contributed by atoms with van der Waals surface area (Å²) in [6.45, 7) is 0. The molecule has 1 aromatic carbocycles. The molecule has 0 bridgehead atoms. The SMILES string of the molecule is Cn1c(SCC(=O)N2N=C(c3cccs3)CC2c2ccco2)nnc1-c1ccccc1F. The second-order valence-electron chi connectivity index (χ2n) is 7.13. The lowest BCUT2D eigenvalue weighted by Gasteiger charge is -2.19. The number of amides is 1. The number of carbonyl (C=O) groups is 1. The van der Waals surface area contributed by atoms with Crippen LogP contribution in [0.4, 0.5) is 4.39 Å². The number of hydrazone groups is 1. The monoisotopic (exact) mass is 467 g/mol. The highest BCUT2D eigenvalue weighted by molar-refractivity contribution is 7.99. The molecule has 1 atom stereocenters. The molecule has 5 rings (SSSR count). The van der Waals surface area contributed by atoms with Crippen LogP contribution in [0.3, 0.4) is 0 Å². The summed E-state index contributed by atoms with van der Waals surface area (Å²) in [5, 5.41) is 16.9. The minimum absolute atomic E-state index is 0.113. The summed E-state index contributed by atoms with van der Waals surface area (Å²) in [7, 11) is 1.75. The number of carbonyl (C=O) groups excluding carboxylic acids is 1. The minimum atomic E-state index is -0.371. The lowest BCUT2D eigenvalue weighted by molar-refractivity contribution is -0.130. The molecule has 0 fully saturated rings. The van der Waals surface area contributed by atoms with Crippen molar-refractivity contribution in [1.29, 1.82) is 0 Å². The van der Waals surface area contributed by atoms with Crippen LogP contribution in [0.2, 0.25) is 0 Å². The fraction of sp³-hybridized carbons (Fsp3) is 0.182. The van der Waals surface area contributed by atoms with E-state index in [0.29, 0.717) is 28.7 Å². The van der Waals surface area contributed by atoms with Crippen molar-refractivity contribution in [3.05, 3.63) is 76.6 Å². The third-order valence-electron chi connectivity index (χ3n) is 5.12. The van der Waals surface area contributed by atoms with Crippen molar-refractivity contribution < 1.29 is 13.6 Å². The van der Waals surface area contributed by atoms with Crippen molar-refractivity contribution in [3.63, 3.8) is 0 Å². The van der Waals surface area contributed by atoms with Crippen molar-refractivity contribution in [1.82, 2.24) is 19.8 Å². The van der Waals surface area contributed by atoms with Crippen molar-refractivity contribution >= 4 is 34.7 Å².